The Hall–Kier alpha value is -2.24. The molecule has 17 heavy (non-hydrogen) atoms. The normalized spacial score (nSPS) is 9.71. The summed E-state index contributed by atoms with van der Waals surface area (Å²) < 4.78 is 9.86. The average Bonchev–Trinajstić information content (AvgIpc) is 2.28. The van der Waals surface area contributed by atoms with Gasteiger partial charge in [-0.25, -0.2) is 4.79 Å². The molecular weight excluding hydrogens is 224 g/mol. The molecule has 0 fully saturated rings. The summed E-state index contributed by atoms with van der Waals surface area (Å²) in [5.41, 5.74) is 11.3. The van der Waals surface area contributed by atoms with Gasteiger partial charge in [-0.3, -0.25) is 4.79 Å². The van der Waals surface area contributed by atoms with Crippen LogP contribution in [0.4, 0.5) is 5.69 Å². The van der Waals surface area contributed by atoms with Crippen LogP contribution in [-0.2, 0) is 9.53 Å². The fraction of sp³-hybridized carbons (Fsp3) is 0.273. The van der Waals surface area contributed by atoms with Crippen molar-refractivity contribution in [2.24, 2.45) is 5.73 Å². The number of hydrogen-bond donors (Lipinski definition) is 2. The molecule has 0 atom stereocenters. The van der Waals surface area contributed by atoms with Crippen LogP contribution in [-0.4, -0.2) is 25.6 Å². The van der Waals surface area contributed by atoms with Gasteiger partial charge in [-0.15, -0.1) is 0 Å². The van der Waals surface area contributed by atoms with Gasteiger partial charge in [0.05, 0.1) is 20.1 Å². The first-order valence-corrected chi connectivity index (χ1v) is 4.93. The smallest absolute Gasteiger partial charge is 0.341 e. The molecular formula is C11H14N2O4. The molecule has 0 aliphatic carbocycles. The van der Waals surface area contributed by atoms with Crippen molar-refractivity contribution in [3.05, 3.63) is 23.8 Å². The van der Waals surface area contributed by atoms with Crippen LogP contribution < -0.4 is 16.2 Å². The van der Waals surface area contributed by atoms with Crippen molar-refractivity contribution in [1.29, 1.82) is 0 Å². The van der Waals surface area contributed by atoms with Crippen LogP contribution in [0.25, 0.3) is 0 Å². The first kappa shape index (κ1) is 12.8. The quantitative estimate of drug-likeness (QED) is 0.567. The molecule has 1 rings (SSSR count). The van der Waals surface area contributed by atoms with Crippen LogP contribution in [0.1, 0.15) is 16.8 Å². The Kier molecular flexibility index (Phi) is 4.33. The standard InChI is InChI=1S/C11H14N2O4/c1-16-11(15)8-3-2-7(12)6-9(8)17-5-4-10(13)14/h2-3,6H,4-5,12H2,1H3,(H2,13,14). The van der Waals surface area contributed by atoms with Gasteiger partial charge in [0.2, 0.25) is 5.91 Å². The number of primary amides is 1. The summed E-state index contributed by atoms with van der Waals surface area (Å²) >= 11 is 0. The van der Waals surface area contributed by atoms with E-state index >= 15 is 0 Å². The second-order valence-corrected chi connectivity index (χ2v) is 3.31. The molecule has 1 aromatic rings. The van der Waals surface area contributed by atoms with Gasteiger partial charge in [0.1, 0.15) is 11.3 Å². The number of hydrogen-bond acceptors (Lipinski definition) is 5. The van der Waals surface area contributed by atoms with Crippen molar-refractivity contribution < 1.29 is 19.1 Å². The maximum absolute atomic E-state index is 11.4. The fourth-order valence-electron chi connectivity index (χ4n) is 1.20. The van der Waals surface area contributed by atoms with E-state index in [1.54, 1.807) is 6.07 Å². The van der Waals surface area contributed by atoms with Crippen molar-refractivity contribution >= 4 is 17.6 Å². The Morgan fingerprint density at radius 3 is 2.65 bits per heavy atom. The van der Waals surface area contributed by atoms with Crippen LogP contribution in [0, 0.1) is 0 Å². The van der Waals surface area contributed by atoms with E-state index in [1.807, 2.05) is 0 Å². The first-order valence-electron chi connectivity index (χ1n) is 4.93. The van der Waals surface area contributed by atoms with E-state index in [-0.39, 0.29) is 24.3 Å². The summed E-state index contributed by atoms with van der Waals surface area (Å²) in [5, 5.41) is 0. The van der Waals surface area contributed by atoms with Gasteiger partial charge in [0.15, 0.2) is 0 Å². The van der Waals surface area contributed by atoms with Crippen molar-refractivity contribution in [2.75, 3.05) is 19.5 Å². The highest BCUT2D eigenvalue weighted by Crippen LogP contribution is 2.22. The van der Waals surface area contributed by atoms with Crippen LogP contribution in [0.2, 0.25) is 0 Å². The third kappa shape index (κ3) is 3.67. The van der Waals surface area contributed by atoms with Crippen molar-refractivity contribution in [2.45, 2.75) is 6.42 Å². The number of carbonyl (C=O) groups is 2. The molecule has 92 valence electrons. The minimum Gasteiger partial charge on any atom is -0.492 e. The molecule has 0 saturated carbocycles. The number of amides is 1. The lowest BCUT2D eigenvalue weighted by Gasteiger charge is -2.10. The largest absolute Gasteiger partial charge is 0.492 e. The molecule has 0 unspecified atom stereocenters. The molecule has 0 saturated heterocycles. The van der Waals surface area contributed by atoms with Gasteiger partial charge in [-0.2, -0.15) is 0 Å². The van der Waals surface area contributed by atoms with Crippen molar-refractivity contribution in [3.8, 4) is 5.75 Å². The predicted molar refractivity (Wildman–Crippen MR) is 61.5 cm³/mol. The number of benzene rings is 1. The third-order valence-electron chi connectivity index (χ3n) is 2.02. The molecule has 4 N–H and O–H groups in total. The van der Waals surface area contributed by atoms with Crippen LogP contribution in [0.3, 0.4) is 0 Å². The number of nitrogens with two attached hydrogens (primary N) is 2. The Balaban J connectivity index is 2.83. The summed E-state index contributed by atoms with van der Waals surface area (Å²) in [7, 11) is 1.27. The highest BCUT2D eigenvalue weighted by atomic mass is 16.5. The Morgan fingerprint density at radius 2 is 2.06 bits per heavy atom. The Bertz CT molecular complexity index is 431. The molecule has 0 bridgehead atoms. The van der Waals surface area contributed by atoms with Gasteiger partial charge in [-0.05, 0) is 12.1 Å². The van der Waals surface area contributed by atoms with E-state index in [0.717, 1.165) is 0 Å². The Labute approximate surface area is 98.5 Å². The zero-order valence-corrected chi connectivity index (χ0v) is 9.43. The molecule has 6 heteroatoms. The third-order valence-corrected chi connectivity index (χ3v) is 2.02. The zero-order chi connectivity index (χ0) is 12.8. The lowest BCUT2D eigenvalue weighted by atomic mass is 10.2. The molecule has 0 radical (unpaired) electrons. The second-order valence-electron chi connectivity index (χ2n) is 3.31. The summed E-state index contributed by atoms with van der Waals surface area (Å²) in [4.78, 5) is 22.0. The van der Waals surface area contributed by atoms with Gasteiger partial charge in [0, 0.05) is 11.8 Å². The molecule has 0 aliphatic rings. The van der Waals surface area contributed by atoms with Crippen LogP contribution in [0.5, 0.6) is 5.75 Å². The number of carbonyl (C=O) groups excluding carboxylic acids is 2. The van der Waals surface area contributed by atoms with E-state index in [0.29, 0.717) is 5.69 Å². The summed E-state index contributed by atoms with van der Waals surface area (Å²) in [5.74, 6) is -0.731. The van der Waals surface area contributed by atoms with Gasteiger partial charge < -0.3 is 20.9 Å². The Morgan fingerprint density at radius 1 is 1.35 bits per heavy atom. The molecule has 0 heterocycles. The minimum absolute atomic E-state index is 0.0649. The zero-order valence-electron chi connectivity index (χ0n) is 9.43. The average molecular weight is 238 g/mol. The van der Waals surface area contributed by atoms with E-state index in [1.165, 1.54) is 19.2 Å². The number of esters is 1. The second kappa shape index (κ2) is 5.74. The van der Waals surface area contributed by atoms with E-state index < -0.39 is 11.9 Å². The highest BCUT2D eigenvalue weighted by Gasteiger charge is 2.13. The topological polar surface area (TPSA) is 105 Å². The van der Waals surface area contributed by atoms with E-state index in [4.69, 9.17) is 16.2 Å². The molecule has 0 aliphatic heterocycles. The predicted octanol–water partition coefficient (Wildman–Crippen LogP) is 0.310. The maximum atomic E-state index is 11.4. The number of anilines is 1. The fourth-order valence-corrected chi connectivity index (χ4v) is 1.20. The molecule has 0 aromatic heterocycles. The van der Waals surface area contributed by atoms with E-state index in [9.17, 15) is 9.59 Å². The van der Waals surface area contributed by atoms with Gasteiger partial charge in [-0.1, -0.05) is 0 Å². The van der Waals surface area contributed by atoms with Crippen LogP contribution in [0.15, 0.2) is 18.2 Å². The number of ether oxygens (including phenoxy) is 2. The summed E-state index contributed by atoms with van der Waals surface area (Å²) in [6.07, 6.45) is 0.0649. The highest BCUT2D eigenvalue weighted by molar-refractivity contribution is 5.93. The van der Waals surface area contributed by atoms with Crippen molar-refractivity contribution in [3.63, 3.8) is 0 Å². The maximum Gasteiger partial charge on any atom is 0.341 e. The number of methoxy groups -OCH3 is 1. The van der Waals surface area contributed by atoms with E-state index in [2.05, 4.69) is 4.74 Å². The summed E-state index contributed by atoms with van der Waals surface area (Å²) in [6, 6.07) is 4.56. The van der Waals surface area contributed by atoms with Crippen LogP contribution >= 0.6 is 0 Å². The lowest BCUT2D eigenvalue weighted by Crippen LogP contribution is -2.15. The van der Waals surface area contributed by atoms with Gasteiger partial charge >= 0.3 is 5.97 Å². The lowest BCUT2D eigenvalue weighted by molar-refractivity contribution is -0.118. The van der Waals surface area contributed by atoms with Crippen molar-refractivity contribution in [1.82, 2.24) is 0 Å². The number of rotatable bonds is 5. The minimum atomic E-state index is -0.529. The molecule has 0 spiro atoms. The summed E-state index contributed by atoms with van der Waals surface area (Å²) in [6.45, 7) is 0.0861. The monoisotopic (exact) mass is 238 g/mol. The first-order chi connectivity index (χ1) is 8.04. The van der Waals surface area contributed by atoms with Gasteiger partial charge in [0.25, 0.3) is 0 Å². The molecule has 1 amide bonds. The SMILES string of the molecule is COC(=O)c1ccc(N)cc1OCCC(N)=O. The molecule has 1 aromatic carbocycles. The molecule has 6 nitrogen and oxygen atoms in total. The number of nitrogen functional groups attached to an aromatic ring is 1.